The lowest BCUT2D eigenvalue weighted by Gasteiger charge is -2.22. The third-order valence-corrected chi connectivity index (χ3v) is 5.79. The number of carbonyl (C=O) groups excluding carboxylic acids is 2. The number of hydrogen-bond acceptors (Lipinski definition) is 3. The van der Waals surface area contributed by atoms with Crippen LogP contribution in [0, 0.1) is 20.8 Å². The fourth-order valence-corrected chi connectivity index (χ4v) is 3.85. The molecule has 0 aliphatic heterocycles. The maximum atomic E-state index is 12.7. The monoisotopic (exact) mass is 407 g/mol. The molecule has 0 atom stereocenters. The van der Waals surface area contributed by atoms with Crippen molar-refractivity contribution in [2.45, 2.75) is 59.4 Å². The number of nitrogens with zero attached hydrogens (tertiary/aromatic N) is 1. The zero-order valence-electron chi connectivity index (χ0n) is 18.5. The first-order chi connectivity index (χ1) is 14.4. The number of para-hydroxylation sites is 2. The normalized spacial score (nSPS) is 13.4. The number of anilines is 2. The van der Waals surface area contributed by atoms with Crippen molar-refractivity contribution in [2.75, 3.05) is 23.7 Å². The van der Waals surface area contributed by atoms with E-state index in [1.807, 2.05) is 51.1 Å². The average molecular weight is 408 g/mol. The summed E-state index contributed by atoms with van der Waals surface area (Å²) in [6.45, 7) is 9.01. The van der Waals surface area contributed by atoms with Gasteiger partial charge in [-0.3, -0.25) is 14.5 Å². The molecule has 0 radical (unpaired) electrons. The van der Waals surface area contributed by atoms with Crippen LogP contribution in [0.3, 0.4) is 0 Å². The Morgan fingerprint density at radius 1 is 0.900 bits per heavy atom. The van der Waals surface area contributed by atoms with Crippen molar-refractivity contribution in [3.63, 3.8) is 0 Å². The molecule has 5 heteroatoms. The molecule has 0 saturated heterocycles. The van der Waals surface area contributed by atoms with Crippen LogP contribution in [-0.2, 0) is 16.0 Å². The van der Waals surface area contributed by atoms with Crippen LogP contribution in [0.4, 0.5) is 11.4 Å². The second-order valence-corrected chi connectivity index (χ2v) is 8.28. The second-order valence-electron chi connectivity index (χ2n) is 8.28. The topological polar surface area (TPSA) is 61.4 Å². The van der Waals surface area contributed by atoms with E-state index in [0.29, 0.717) is 25.6 Å². The summed E-state index contributed by atoms with van der Waals surface area (Å²) in [4.78, 5) is 27.4. The Hall–Kier alpha value is -2.66. The van der Waals surface area contributed by atoms with E-state index in [0.717, 1.165) is 52.9 Å². The highest BCUT2D eigenvalue weighted by atomic mass is 16.2. The molecule has 2 aromatic carbocycles. The van der Waals surface area contributed by atoms with Gasteiger partial charge in [0.1, 0.15) is 0 Å². The number of aryl methyl sites for hydroxylation is 4. The molecule has 3 rings (SSSR count). The quantitative estimate of drug-likeness (QED) is 0.638. The number of hydrogen-bond donors (Lipinski definition) is 2. The highest BCUT2D eigenvalue weighted by Gasteiger charge is 2.30. The summed E-state index contributed by atoms with van der Waals surface area (Å²) < 4.78 is 0. The van der Waals surface area contributed by atoms with E-state index >= 15 is 0 Å². The van der Waals surface area contributed by atoms with Gasteiger partial charge in [0.2, 0.25) is 11.8 Å². The van der Waals surface area contributed by atoms with E-state index in [1.54, 1.807) is 0 Å². The molecule has 0 unspecified atom stereocenters. The summed E-state index contributed by atoms with van der Waals surface area (Å²) in [7, 11) is 0. The van der Waals surface area contributed by atoms with Crippen LogP contribution in [-0.4, -0.2) is 35.8 Å². The molecule has 1 fully saturated rings. The van der Waals surface area contributed by atoms with Crippen LogP contribution in [0.25, 0.3) is 0 Å². The zero-order chi connectivity index (χ0) is 21.7. The Kier molecular flexibility index (Phi) is 7.27. The molecule has 0 spiro atoms. The minimum atomic E-state index is -0.0214. The molecule has 1 aliphatic rings. The zero-order valence-corrected chi connectivity index (χ0v) is 18.5. The van der Waals surface area contributed by atoms with Gasteiger partial charge in [-0.1, -0.05) is 43.3 Å². The van der Waals surface area contributed by atoms with Crippen LogP contribution in [0.2, 0.25) is 0 Å². The van der Waals surface area contributed by atoms with E-state index < -0.39 is 0 Å². The van der Waals surface area contributed by atoms with Crippen molar-refractivity contribution in [1.82, 2.24) is 4.90 Å². The molecular formula is C25H33N3O2. The first kappa shape index (κ1) is 22.0. The minimum Gasteiger partial charge on any atom is -0.326 e. The van der Waals surface area contributed by atoms with Crippen molar-refractivity contribution in [3.05, 3.63) is 58.7 Å². The molecule has 1 saturated carbocycles. The molecule has 0 aromatic heterocycles. The highest BCUT2D eigenvalue weighted by molar-refractivity contribution is 5.94. The molecule has 1 aliphatic carbocycles. The Balaban J connectivity index is 1.56. The standard InChI is InChI=1S/C25H33N3O2/c1-5-20-11-7-10-19(4)25(20)26-22(29)14-15-28(21-12-13-21)16-23(30)27-24-17(2)8-6-9-18(24)3/h6-11,21H,5,12-16H2,1-4H3,(H,26,29)(H,27,30). The van der Waals surface area contributed by atoms with Crippen molar-refractivity contribution in [3.8, 4) is 0 Å². The van der Waals surface area contributed by atoms with Gasteiger partial charge in [-0.25, -0.2) is 0 Å². The molecule has 2 amide bonds. The Labute approximate surface area is 179 Å². The number of nitrogens with one attached hydrogen (secondary N) is 2. The molecule has 5 nitrogen and oxygen atoms in total. The number of carbonyl (C=O) groups is 2. The Morgan fingerprint density at radius 2 is 1.47 bits per heavy atom. The van der Waals surface area contributed by atoms with Crippen LogP contribution in [0.1, 0.15) is 48.4 Å². The van der Waals surface area contributed by atoms with Gasteiger partial charge in [-0.2, -0.15) is 0 Å². The van der Waals surface area contributed by atoms with Gasteiger partial charge in [-0.15, -0.1) is 0 Å². The third kappa shape index (κ3) is 5.70. The molecule has 0 heterocycles. The summed E-state index contributed by atoms with van der Waals surface area (Å²) in [6, 6.07) is 12.5. The predicted octanol–water partition coefficient (Wildman–Crippen LogP) is 4.61. The number of benzene rings is 2. The van der Waals surface area contributed by atoms with Crippen LogP contribution in [0.15, 0.2) is 36.4 Å². The molecule has 160 valence electrons. The second kappa shape index (κ2) is 9.90. The molecule has 30 heavy (non-hydrogen) atoms. The molecule has 2 N–H and O–H groups in total. The minimum absolute atomic E-state index is 0.000179. The van der Waals surface area contributed by atoms with Crippen molar-refractivity contribution in [2.24, 2.45) is 0 Å². The Morgan fingerprint density at radius 3 is 2.07 bits per heavy atom. The summed E-state index contributed by atoms with van der Waals surface area (Å²) in [6.07, 6.45) is 3.45. The Bertz CT molecular complexity index is 898. The molecular weight excluding hydrogens is 374 g/mol. The van der Waals surface area contributed by atoms with Crippen LogP contribution < -0.4 is 10.6 Å². The smallest absolute Gasteiger partial charge is 0.238 e. The number of rotatable bonds is 9. The van der Waals surface area contributed by atoms with Gasteiger partial charge in [-0.05, 0) is 62.3 Å². The van der Waals surface area contributed by atoms with Gasteiger partial charge in [0, 0.05) is 30.4 Å². The van der Waals surface area contributed by atoms with E-state index in [4.69, 9.17) is 0 Å². The van der Waals surface area contributed by atoms with E-state index in [9.17, 15) is 9.59 Å². The summed E-state index contributed by atoms with van der Waals surface area (Å²) in [5.74, 6) is -0.0216. The van der Waals surface area contributed by atoms with Gasteiger partial charge < -0.3 is 10.6 Å². The largest absolute Gasteiger partial charge is 0.326 e. The summed E-state index contributed by atoms with van der Waals surface area (Å²) in [5.41, 5.74) is 6.17. The van der Waals surface area contributed by atoms with Crippen LogP contribution >= 0.6 is 0 Å². The predicted molar refractivity (Wildman–Crippen MR) is 123 cm³/mol. The first-order valence-electron chi connectivity index (χ1n) is 10.9. The third-order valence-electron chi connectivity index (χ3n) is 5.79. The highest BCUT2D eigenvalue weighted by Crippen LogP contribution is 2.27. The maximum Gasteiger partial charge on any atom is 0.238 e. The average Bonchev–Trinajstić information content (AvgIpc) is 3.55. The SMILES string of the molecule is CCc1cccc(C)c1NC(=O)CCN(CC(=O)Nc1c(C)cccc1C)C1CC1. The fourth-order valence-electron chi connectivity index (χ4n) is 3.85. The lowest BCUT2D eigenvalue weighted by atomic mass is 10.1. The summed E-state index contributed by atoms with van der Waals surface area (Å²) in [5, 5.41) is 6.15. The van der Waals surface area contributed by atoms with Gasteiger partial charge in [0.25, 0.3) is 0 Å². The molecule has 0 bridgehead atoms. The maximum absolute atomic E-state index is 12.7. The van der Waals surface area contributed by atoms with Crippen LogP contribution in [0.5, 0.6) is 0 Å². The number of amides is 2. The van der Waals surface area contributed by atoms with Crippen molar-refractivity contribution in [1.29, 1.82) is 0 Å². The van der Waals surface area contributed by atoms with Gasteiger partial charge in [0.15, 0.2) is 0 Å². The molecule has 2 aromatic rings. The van der Waals surface area contributed by atoms with E-state index in [2.05, 4.69) is 28.5 Å². The van der Waals surface area contributed by atoms with Gasteiger partial charge in [0.05, 0.1) is 6.54 Å². The lowest BCUT2D eigenvalue weighted by Crippen LogP contribution is -2.37. The van der Waals surface area contributed by atoms with Crippen molar-refractivity contribution < 1.29 is 9.59 Å². The van der Waals surface area contributed by atoms with Gasteiger partial charge >= 0.3 is 0 Å². The van der Waals surface area contributed by atoms with Crippen molar-refractivity contribution >= 4 is 23.2 Å². The van der Waals surface area contributed by atoms with E-state index in [-0.39, 0.29) is 11.8 Å². The fraction of sp³-hybridized carbons (Fsp3) is 0.440. The van der Waals surface area contributed by atoms with E-state index in [1.165, 1.54) is 0 Å². The lowest BCUT2D eigenvalue weighted by molar-refractivity contribution is -0.119. The first-order valence-corrected chi connectivity index (χ1v) is 10.9. The summed E-state index contributed by atoms with van der Waals surface area (Å²) >= 11 is 0.